The molecule has 0 radical (unpaired) electrons. The van der Waals surface area contributed by atoms with E-state index in [-0.39, 0.29) is 11.9 Å². The van der Waals surface area contributed by atoms with Crippen molar-refractivity contribution in [3.63, 3.8) is 0 Å². The summed E-state index contributed by atoms with van der Waals surface area (Å²) in [7, 11) is 0. The monoisotopic (exact) mass is 305 g/mol. The maximum Gasteiger partial charge on any atom is 0.254 e. The third-order valence-corrected chi connectivity index (χ3v) is 4.75. The molecule has 1 N–H and O–H groups in total. The summed E-state index contributed by atoms with van der Waals surface area (Å²) >= 11 is 0. The normalized spacial score (nSPS) is 17.3. The molecule has 0 bridgehead atoms. The average molecular weight is 305 g/mol. The smallest absolute Gasteiger partial charge is 0.254 e. The second kappa shape index (κ2) is 5.54. The first kappa shape index (κ1) is 14.0. The molecule has 1 aliphatic rings. The molecule has 0 aliphatic carbocycles. The van der Waals surface area contributed by atoms with Gasteiger partial charge in [0.05, 0.1) is 17.4 Å². The molecule has 4 rings (SSSR count). The van der Waals surface area contributed by atoms with Gasteiger partial charge in [-0.1, -0.05) is 31.2 Å². The minimum atomic E-state index is 0.0999. The Bertz CT molecular complexity index is 868. The highest BCUT2D eigenvalue weighted by atomic mass is 16.2. The van der Waals surface area contributed by atoms with E-state index in [2.05, 4.69) is 35.1 Å². The SMILES string of the molecule is CCC1Cc2ccccc2CN1C(=O)c1ccc2nc[nH]c2c1. The molecule has 1 aromatic heterocycles. The van der Waals surface area contributed by atoms with Gasteiger partial charge in [0.25, 0.3) is 5.91 Å². The van der Waals surface area contributed by atoms with Crippen LogP contribution in [0.1, 0.15) is 34.8 Å². The van der Waals surface area contributed by atoms with Crippen LogP contribution < -0.4 is 0 Å². The number of benzene rings is 2. The van der Waals surface area contributed by atoms with Gasteiger partial charge >= 0.3 is 0 Å². The minimum Gasteiger partial charge on any atom is -0.345 e. The van der Waals surface area contributed by atoms with E-state index in [0.717, 1.165) is 29.4 Å². The van der Waals surface area contributed by atoms with Crippen molar-refractivity contribution in [2.75, 3.05) is 0 Å². The topological polar surface area (TPSA) is 49.0 Å². The van der Waals surface area contributed by atoms with Crippen LogP contribution in [0.5, 0.6) is 0 Å². The van der Waals surface area contributed by atoms with E-state index in [0.29, 0.717) is 6.54 Å². The zero-order chi connectivity index (χ0) is 15.8. The number of rotatable bonds is 2. The largest absolute Gasteiger partial charge is 0.345 e. The summed E-state index contributed by atoms with van der Waals surface area (Å²) < 4.78 is 0. The molecule has 0 saturated heterocycles. The first-order valence-electron chi connectivity index (χ1n) is 8.07. The van der Waals surface area contributed by atoms with Crippen LogP contribution >= 0.6 is 0 Å². The van der Waals surface area contributed by atoms with E-state index in [4.69, 9.17) is 0 Å². The van der Waals surface area contributed by atoms with Gasteiger partial charge in [-0.3, -0.25) is 4.79 Å². The van der Waals surface area contributed by atoms with Gasteiger partial charge in [0.2, 0.25) is 0 Å². The summed E-state index contributed by atoms with van der Waals surface area (Å²) in [6, 6.07) is 14.4. The third kappa shape index (κ3) is 2.40. The summed E-state index contributed by atoms with van der Waals surface area (Å²) in [4.78, 5) is 22.3. The standard InChI is InChI=1S/C19H19N3O/c1-2-16-9-13-5-3-4-6-15(13)11-22(16)19(23)14-7-8-17-18(10-14)21-12-20-17/h3-8,10,12,16H,2,9,11H2,1H3,(H,20,21). The lowest BCUT2D eigenvalue weighted by Crippen LogP contribution is -2.43. The molecule has 0 fully saturated rings. The van der Waals surface area contributed by atoms with Crippen molar-refractivity contribution in [2.45, 2.75) is 32.4 Å². The molecule has 0 saturated carbocycles. The van der Waals surface area contributed by atoms with Gasteiger partial charge < -0.3 is 9.88 Å². The van der Waals surface area contributed by atoms with Crippen molar-refractivity contribution in [1.29, 1.82) is 0 Å². The minimum absolute atomic E-state index is 0.0999. The van der Waals surface area contributed by atoms with Crippen LogP contribution in [0.4, 0.5) is 0 Å². The predicted molar refractivity (Wildman–Crippen MR) is 90.2 cm³/mol. The van der Waals surface area contributed by atoms with Gasteiger partial charge in [-0.25, -0.2) is 4.98 Å². The Morgan fingerprint density at radius 3 is 2.91 bits per heavy atom. The van der Waals surface area contributed by atoms with E-state index in [1.54, 1.807) is 6.33 Å². The number of fused-ring (bicyclic) bond motifs is 2. The molecule has 2 heterocycles. The predicted octanol–water partition coefficient (Wildman–Crippen LogP) is 3.54. The number of H-pyrrole nitrogens is 1. The van der Waals surface area contributed by atoms with E-state index >= 15 is 0 Å². The Hall–Kier alpha value is -2.62. The fourth-order valence-corrected chi connectivity index (χ4v) is 3.42. The molecular weight excluding hydrogens is 286 g/mol. The van der Waals surface area contributed by atoms with Crippen LogP contribution in [0.2, 0.25) is 0 Å². The number of hydrogen-bond donors (Lipinski definition) is 1. The molecule has 0 spiro atoms. The van der Waals surface area contributed by atoms with Gasteiger partial charge in [0.15, 0.2) is 0 Å². The van der Waals surface area contributed by atoms with Crippen LogP contribution in [0.15, 0.2) is 48.8 Å². The van der Waals surface area contributed by atoms with Crippen LogP contribution in [-0.4, -0.2) is 26.8 Å². The fourth-order valence-electron chi connectivity index (χ4n) is 3.42. The van der Waals surface area contributed by atoms with E-state index in [1.165, 1.54) is 11.1 Å². The van der Waals surface area contributed by atoms with Gasteiger partial charge in [0.1, 0.15) is 0 Å². The van der Waals surface area contributed by atoms with Crippen LogP contribution in [0, 0.1) is 0 Å². The third-order valence-electron chi connectivity index (χ3n) is 4.75. The van der Waals surface area contributed by atoms with Gasteiger partial charge in [-0.05, 0) is 42.2 Å². The Kier molecular flexibility index (Phi) is 3.37. The van der Waals surface area contributed by atoms with E-state index < -0.39 is 0 Å². The highest BCUT2D eigenvalue weighted by molar-refractivity contribution is 5.97. The maximum absolute atomic E-state index is 13.0. The zero-order valence-electron chi connectivity index (χ0n) is 13.1. The first-order chi connectivity index (χ1) is 11.3. The van der Waals surface area contributed by atoms with Crippen LogP contribution in [0.3, 0.4) is 0 Å². The molecule has 4 heteroatoms. The number of nitrogens with zero attached hydrogens (tertiary/aromatic N) is 2. The summed E-state index contributed by atoms with van der Waals surface area (Å²) in [5.74, 6) is 0.0999. The lowest BCUT2D eigenvalue weighted by Gasteiger charge is -2.36. The molecule has 116 valence electrons. The zero-order valence-corrected chi connectivity index (χ0v) is 13.1. The molecule has 1 unspecified atom stereocenters. The average Bonchev–Trinajstić information content (AvgIpc) is 3.07. The summed E-state index contributed by atoms with van der Waals surface area (Å²) in [6.45, 7) is 2.84. The van der Waals surface area contributed by atoms with Crippen LogP contribution in [0.25, 0.3) is 11.0 Å². The molecule has 23 heavy (non-hydrogen) atoms. The molecular formula is C19H19N3O. The number of hydrogen-bond acceptors (Lipinski definition) is 2. The molecule has 1 aliphatic heterocycles. The molecule has 3 aromatic rings. The highest BCUT2D eigenvalue weighted by Crippen LogP contribution is 2.27. The van der Waals surface area contributed by atoms with Gasteiger partial charge in [0, 0.05) is 18.2 Å². The number of aromatic amines is 1. The Morgan fingerprint density at radius 2 is 2.09 bits per heavy atom. The lowest BCUT2D eigenvalue weighted by molar-refractivity contribution is 0.0635. The Morgan fingerprint density at radius 1 is 1.26 bits per heavy atom. The second-order valence-corrected chi connectivity index (χ2v) is 6.10. The fraction of sp³-hybridized carbons (Fsp3) is 0.263. The van der Waals surface area contributed by atoms with E-state index in [1.807, 2.05) is 29.2 Å². The first-order valence-corrected chi connectivity index (χ1v) is 8.07. The van der Waals surface area contributed by atoms with Crippen molar-refractivity contribution in [1.82, 2.24) is 14.9 Å². The Labute approximate surface area is 135 Å². The molecule has 2 aromatic carbocycles. The van der Waals surface area contributed by atoms with Gasteiger partial charge in [-0.15, -0.1) is 0 Å². The summed E-state index contributed by atoms with van der Waals surface area (Å²) in [6.07, 6.45) is 3.56. The molecule has 1 atom stereocenters. The number of nitrogens with one attached hydrogen (secondary N) is 1. The van der Waals surface area contributed by atoms with Crippen molar-refractivity contribution in [3.05, 3.63) is 65.5 Å². The maximum atomic E-state index is 13.0. The van der Waals surface area contributed by atoms with E-state index in [9.17, 15) is 4.79 Å². The summed E-state index contributed by atoms with van der Waals surface area (Å²) in [5, 5.41) is 0. The summed E-state index contributed by atoms with van der Waals surface area (Å²) in [5.41, 5.74) is 5.14. The number of amides is 1. The van der Waals surface area contributed by atoms with Crippen molar-refractivity contribution < 1.29 is 4.79 Å². The van der Waals surface area contributed by atoms with Gasteiger partial charge in [-0.2, -0.15) is 0 Å². The van der Waals surface area contributed by atoms with Crippen molar-refractivity contribution in [2.24, 2.45) is 0 Å². The number of aromatic nitrogens is 2. The Balaban J connectivity index is 1.69. The second-order valence-electron chi connectivity index (χ2n) is 6.10. The highest BCUT2D eigenvalue weighted by Gasteiger charge is 2.29. The van der Waals surface area contributed by atoms with Crippen LogP contribution in [-0.2, 0) is 13.0 Å². The number of imidazole rings is 1. The lowest BCUT2D eigenvalue weighted by atomic mass is 9.92. The quantitative estimate of drug-likeness (QED) is 0.787. The molecule has 4 nitrogen and oxygen atoms in total. The number of carbonyl (C=O) groups excluding carboxylic acids is 1. The molecule has 1 amide bonds. The van der Waals surface area contributed by atoms with Crippen molar-refractivity contribution in [3.8, 4) is 0 Å². The van der Waals surface area contributed by atoms with Crippen molar-refractivity contribution >= 4 is 16.9 Å². The number of carbonyl (C=O) groups is 1.